The molecule has 1 aliphatic heterocycles. The highest BCUT2D eigenvalue weighted by Gasteiger charge is 2.30. The highest BCUT2D eigenvalue weighted by atomic mass is 16.6. The molecule has 2 rings (SSSR count). The molecule has 1 fully saturated rings. The lowest BCUT2D eigenvalue weighted by Gasteiger charge is -2.24. The Hall–Kier alpha value is -1.91. The van der Waals surface area contributed by atoms with Crippen molar-refractivity contribution in [2.24, 2.45) is 0 Å². The lowest BCUT2D eigenvalue weighted by molar-refractivity contribution is 0.0275. The summed E-state index contributed by atoms with van der Waals surface area (Å²) in [6.45, 7) is 6.72. The zero-order valence-corrected chi connectivity index (χ0v) is 12.1. The molecule has 1 aliphatic rings. The molecule has 5 heteroatoms. The molecule has 0 saturated carbocycles. The minimum Gasteiger partial charge on any atom is -0.508 e. The maximum atomic E-state index is 11.9. The molecule has 20 heavy (non-hydrogen) atoms. The first-order valence-electron chi connectivity index (χ1n) is 6.77. The maximum absolute atomic E-state index is 11.9. The Morgan fingerprint density at radius 2 is 1.95 bits per heavy atom. The van der Waals surface area contributed by atoms with Crippen LogP contribution in [0, 0.1) is 0 Å². The number of amides is 1. The van der Waals surface area contributed by atoms with Crippen LogP contribution in [0.3, 0.4) is 0 Å². The van der Waals surface area contributed by atoms with E-state index in [0.717, 1.165) is 6.42 Å². The van der Waals surface area contributed by atoms with Crippen LogP contribution in [0.1, 0.15) is 27.2 Å². The molecule has 1 saturated heterocycles. The summed E-state index contributed by atoms with van der Waals surface area (Å²) in [5, 5.41) is 9.22. The Kier molecular flexibility index (Phi) is 4.06. The fraction of sp³-hybridized carbons (Fsp3) is 0.533. The molecule has 1 amide bonds. The van der Waals surface area contributed by atoms with Crippen LogP contribution in [0.2, 0.25) is 0 Å². The number of likely N-dealkylation sites (tertiary alicyclic amines) is 1. The average Bonchev–Trinajstić information content (AvgIpc) is 2.79. The summed E-state index contributed by atoms with van der Waals surface area (Å²) in [6, 6.07) is 6.59. The van der Waals surface area contributed by atoms with Gasteiger partial charge in [-0.1, -0.05) is 0 Å². The summed E-state index contributed by atoms with van der Waals surface area (Å²) < 4.78 is 11.1. The number of carbonyl (C=O) groups excluding carboxylic acids is 1. The third-order valence-corrected chi connectivity index (χ3v) is 2.94. The van der Waals surface area contributed by atoms with E-state index in [1.807, 2.05) is 20.8 Å². The molecule has 0 aliphatic carbocycles. The van der Waals surface area contributed by atoms with Crippen molar-refractivity contribution in [3.63, 3.8) is 0 Å². The van der Waals surface area contributed by atoms with Crippen LogP contribution >= 0.6 is 0 Å². The quantitative estimate of drug-likeness (QED) is 0.904. The van der Waals surface area contributed by atoms with Gasteiger partial charge >= 0.3 is 6.09 Å². The van der Waals surface area contributed by atoms with Crippen molar-refractivity contribution < 1.29 is 19.4 Å². The molecule has 1 aromatic carbocycles. The smallest absolute Gasteiger partial charge is 0.410 e. The van der Waals surface area contributed by atoms with Gasteiger partial charge in [0.2, 0.25) is 0 Å². The van der Waals surface area contributed by atoms with Gasteiger partial charge in [-0.15, -0.1) is 0 Å². The average molecular weight is 279 g/mol. The Bertz CT molecular complexity index is 464. The van der Waals surface area contributed by atoms with Crippen LogP contribution in [-0.2, 0) is 4.74 Å². The predicted octanol–water partition coefficient (Wildman–Crippen LogP) is 2.78. The Balaban J connectivity index is 1.86. The first kappa shape index (κ1) is 14.5. The minimum atomic E-state index is -0.479. The van der Waals surface area contributed by atoms with Gasteiger partial charge in [-0.05, 0) is 45.0 Å². The third kappa shape index (κ3) is 4.05. The summed E-state index contributed by atoms with van der Waals surface area (Å²) in [6.07, 6.45) is 0.446. The predicted molar refractivity (Wildman–Crippen MR) is 74.9 cm³/mol. The van der Waals surface area contributed by atoms with Crippen molar-refractivity contribution in [1.82, 2.24) is 4.90 Å². The molecule has 110 valence electrons. The largest absolute Gasteiger partial charge is 0.508 e. The van der Waals surface area contributed by atoms with E-state index >= 15 is 0 Å². The van der Waals surface area contributed by atoms with Gasteiger partial charge in [0.1, 0.15) is 23.2 Å². The van der Waals surface area contributed by atoms with Crippen molar-refractivity contribution in [3.05, 3.63) is 24.3 Å². The fourth-order valence-corrected chi connectivity index (χ4v) is 2.03. The van der Waals surface area contributed by atoms with E-state index in [1.54, 1.807) is 29.2 Å². The van der Waals surface area contributed by atoms with Crippen LogP contribution in [0.4, 0.5) is 4.79 Å². The number of rotatable bonds is 2. The van der Waals surface area contributed by atoms with Gasteiger partial charge in [-0.25, -0.2) is 4.79 Å². The van der Waals surface area contributed by atoms with Gasteiger partial charge in [-0.3, -0.25) is 0 Å². The molecule has 1 aromatic rings. The van der Waals surface area contributed by atoms with Crippen molar-refractivity contribution in [2.45, 2.75) is 38.9 Å². The fourth-order valence-electron chi connectivity index (χ4n) is 2.03. The Labute approximate surface area is 119 Å². The van der Waals surface area contributed by atoms with Crippen molar-refractivity contribution in [1.29, 1.82) is 0 Å². The minimum absolute atomic E-state index is 0.0351. The van der Waals surface area contributed by atoms with Gasteiger partial charge in [-0.2, -0.15) is 0 Å². The van der Waals surface area contributed by atoms with E-state index in [9.17, 15) is 9.90 Å². The topological polar surface area (TPSA) is 59.0 Å². The second-order valence-corrected chi connectivity index (χ2v) is 5.95. The second kappa shape index (κ2) is 5.61. The zero-order chi connectivity index (χ0) is 14.8. The first-order valence-corrected chi connectivity index (χ1v) is 6.77. The summed E-state index contributed by atoms with van der Waals surface area (Å²) in [4.78, 5) is 13.6. The SMILES string of the molecule is CC(C)(C)OC(=O)N1CCC(Oc2ccc(O)cc2)C1. The van der Waals surface area contributed by atoms with E-state index in [-0.39, 0.29) is 17.9 Å². The van der Waals surface area contributed by atoms with Crippen LogP contribution in [-0.4, -0.2) is 40.9 Å². The summed E-state index contributed by atoms with van der Waals surface area (Å²) in [5.41, 5.74) is -0.479. The number of ether oxygens (including phenoxy) is 2. The lowest BCUT2D eigenvalue weighted by Crippen LogP contribution is -2.36. The van der Waals surface area contributed by atoms with Crippen LogP contribution in [0.25, 0.3) is 0 Å². The summed E-state index contributed by atoms with van der Waals surface area (Å²) in [7, 11) is 0. The highest BCUT2D eigenvalue weighted by molar-refractivity contribution is 5.68. The Morgan fingerprint density at radius 3 is 2.55 bits per heavy atom. The van der Waals surface area contributed by atoms with E-state index in [2.05, 4.69) is 0 Å². The molecule has 1 unspecified atom stereocenters. The highest BCUT2D eigenvalue weighted by Crippen LogP contribution is 2.22. The number of hydrogen-bond donors (Lipinski definition) is 1. The number of hydrogen-bond acceptors (Lipinski definition) is 4. The van der Waals surface area contributed by atoms with Crippen LogP contribution in [0.5, 0.6) is 11.5 Å². The first-order chi connectivity index (χ1) is 9.33. The molecule has 1 atom stereocenters. The van der Waals surface area contributed by atoms with Crippen LogP contribution < -0.4 is 4.74 Å². The van der Waals surface area contributed by atoms with Gasteiger partial charge in [0.15, 0.2) is 0 Å². The molecular formula is C15H21NO4. The molecule has 1 heterocycles. The summed E-state index contributed by atoms with van der Waals surface area (Å²) in [5.74, 6) is 0.901. The number of nitrogens with zero attached hydrogens (tertiary/aromatic N) is 1. The Morgan fingerprint density at radius 1 is 1.30 bits per heavy atom. The molecule has 1 N–H and O–H groups in total. The molecular weight excluding hydrogens is 258 g/mol. The maximum Gasteiger partial charge on any atom is 0.410 e. The van der Waals surface area contributed by atoms with Crippen molar-refractivity contribution in [2.75, 3.05) is 13.1 Å². The van der Waals surface area contributed by atoms with E-state index in [4.69, 9.17) is 9.47 Å². The standard InChI is InChI=1S/C15H21NO4/c1-15(2,3)20-14(18)16-9-8-13(10-16)19-12-6-4-11(17)5-7-12/h4-7,13,17H,8-10H2,1-3H3. The number of phenols is 1. The number of aromatic hydroxyl groups is 1. The van der Waals surface area contributed by atoms with Gasteiger partial charge < -0.3 is 19.5 Å². The zero-order valence-electron chi connectivity index (χ0n) is 12.1. The lowest BCUT2D eigenvalue weighted by atomic mass is 10.2. The molecule has 5 nitrogen and oxygen atoms in total. The van der Waals surface area contributed by atoms with E-state index in [0.29, 0.717) is 18.8 Å². The number of phenolic OH excluding ortho intramolecular Hbond substituents is 1. The summed E-state index contributed by atoms with van der Waals surface area (Å²) >= 11 is 0. The van der Waals surface area contributed by atoms with E-state index in [1.165, 1.54) is 0 Å². The van der Waals surface area contributed by atoms with Gasteiger partial charge in [0.05, 0.1) is 6.54 Å². The van der Waals surface area contributed by atoms with Crippen molar-refractivity contribution >= 4 is 6.09 Å². The second-order valence-electron chi connectivity index (χ2n) is 5.95. The van der Waals surface area contributed by atoms with Crippen LogP contribution in [0.15, 0.2) is 24.3 Å². The van der Waals surface area contributed by atoms with Crippen molar-refractivity contribution in [3.8, 4) is 11.5 Å². The monoisotopic (exact) mass is 279 g/mol. The number of benzene rings is 1. The molecule has 0 radical (unpaired) electrons. The number of carbonyl (C=O) groups is 1. The third-order valence-electron chi connectivity index (χ3n) is 2.94. The van der Waals surface area contributed by atoms with E-state index < -0.39 is 5.60 Å². The van der Waals surface area contributed by atoms with Gasteiger partial charge in [0, 0.05) is 13.0 Å². The normalized spacial score (nSPS) is 18.9. The molecule has 0 spiro atoms. The van der Waals surface area contributed by atoms with Gasteiger partial charge in [0.25, 0.3) is 0 Å². The molecule has 0 bridgehead atoms. The molecule has 0 aromatic heterocycles.